The monoisotopic (exact) mass is 284 g/mol. The fraction of sp³-hybridized carbons (Fsp3) is 1.00. The Kier molecular flexibility index (Phi) is 5.84. The molecule has 2 aliphatic rings. The summed E-state index contributed by atoms with van der Waals surface area (Å²) >= 11 is 0. The second kappa shape index (κ2) is 7.21. The lowest BCUT2D eigenvalue weighted by molar-refractivity contribution is -0.0846. The lowest BCUT2D eigenvalue weighted by Crippen LogP contribution is -2.58. The Balaban J connectivity index is 1.98. The fourth-order valence-corrected chi connectivity index (χ4v) is 3.31. The van der Waals surface area contributed by atoms with Crippen LogP contribution in [0, 0.1) is 5.41 Å². The summed E-state index contributed by atoms with van der Waals surface area (Å²) in [6.07, 6.45) is 3.56. The van der Waals surface area contributed by atoms with Crippen LogP contribution in [0.5, 0.6) is 0 Å². The molecule has 0 radical (unpaired) electrons. The van der Waals surface area contributed by atoms with Crippen LogP contribution >= 0.6 is 0 Å². The van der Waals surface area contributed by atoms with Crippen molar-refractivity contribution in [3.05, 3.63) is 0 Å². The van der Waals surface area contributed by atoms with Crippen LogP contribution in [0.4, 0.5) is 0 Å². The minimum Gasteiger partial charge on any atom is -0.381 e. The lowest BCUT2D eigenvalue weighted by atomic mass is 9.78. The summed E-state index contributed by atoms with van der Waals surface area (Å²) in [6.45, 7) is 14.9. The third kappa shape index (κ3) is 4.17. The Hall–Kier alpha value is -0.160. The van der Waals surface area contributed by atoms with Crippen molar-refractivity contribution >= 4 is 0 Å². The van der Waals surface area contributed by atoms with E-state index in [1.54, 1.807) is 0 Å². The van der Waals surface area contributed by atoms with E-state index in [1.807, 2.05) is 0 Å². The summed E-state index contributed by atoms with van der Waals surface area (Å²) < 4.78 is 11.3. The van der Waals surface area contributed by atoms with Crippen LogP contribution in [0.3, 0.4) is 0 Å². The molecule has 0 spiro atoms. The van der Waals surface area contributed by atoms with E-state index in [-0.39, 0.29) is 5.54 Å². The molecule has 2 aliphatic heterocycles. The van der Waals surface area contributed by atoms with E-state index in [0.717, 1.165) is 46.1 Å². The molecule has 0 saturated carbocycles. The molecule has 0 atom stereocenters. The molecule has 0 unspecified atom stereocenters. The molecular formula is C16H32N2O2. The van der Waals surface area contributed by atoms with E-state index in [9.17, 15) is 0 Å². The van der Waals surface area contributed by atoms with E-state index in [2.05, 4.69) is 31.0 Å². The molecule has 0 aromatic heterocycles. The smallest absolute Gasteiger partial charge is 0.0645 e. The molecule has 0 amide bonds. The standard InChI is InChI=1S/C16H32N2O2/c1-4-7-17-12-16(5-9-19-10-6-16)13-18-8-11-20-14-15(18,2)3/h17H,4-14H2,1-3H3. The van der Waals surface area contributed by atoms with Gasteiger partial charge >= 0.3 is 0 Å². The maximum absolute atomic E-state index is 5.65. The van der Waals surface area contributed by atoms with Gasteiger partial charge < -0.3 is 14.8 Å². The second-order valence-electron chi connectivity index (χ2n) is 7.08. The summed E-state index contributed by atoms with van der Waals surface area (Å²) in [4.78, 5) is 2.63. The van der Waals surface area contributed by atoms with Crippen LogP contribution in [0.1, 0.15) is 40.0 Å². The summed E-state index contributed by atoms with van der Waals surface area (Å²) in [5, 5.41) is 3.65. The van der Waals surface area contributed by atoms with Gasteiger partial charge in [0.05, 0.1) is 13.2 Å². The molecule has 4 heteroatoms. The highest BCUT2D eigenvalue weighted by molar-refractivity contribution is 4.93. The average molecular weight is 284 g/mol. The molecule has 0 aromatic carbocycles. The normalized spacial score (nSPS) is 26.6. The van der Waals surface area contributed by atoms with E-state index in [1.165, 1.54) is 25.8 Å². The molecule has 4 nitrogen and oxygen atoms in total. The molecule has 2 rings (SSSR count). The van der Waals surface area contributed by atoms with Crippen LogP contribution in [0.25, 0.3) is 0 Å². The zero-order valence-corrected chi connectivity index (χ0v) is 13.5. The first-order valence-electron chi connectivity index (χ1n) is 8.19. The van der Waals surface area contributed by atoms with Crippen LogP contribution in [0.2, 0.25) is 0 Å². The first-order valence-corrected chi connectivity index (χ1v) is 8.19. The van der Waals surface area contributed by atoms with Crippen molar-refractivity contribution in [1.29, 1.82) is 0 Å². The highest BCUT2D eigenvalue weighted by Crippen LogP contribution is 2.34. The van der Waals surface area contributed by atoms with Crippen molar-refractivity contribution in [2.75, 3.05) is 52.6 Å². The van der Waals surface area contributed by atoms with Gasteiger partial charge in [0, 0.05) is 38.4 Å². The van der Waals surface area contributed by atoms with Gasteiger partial charge in [0.25, 0.3) is 0 Å². The molecule has 2 saturated heterocycles. The number of hydrogen-bond acceptors (Lipinski definition) is 4. The summed E-state index contributed by atoms with van der Waals surface area (Å²) in [5.41, 5.74) is 0.538. The largest absolute Gasteiger partial charge is 0.381 e. The van der Waals surface area contributed by atoms with Crippen molar-refractivity contribution < 1.29 is 9.47 Å². The summed E-state index contributed by atoms with van der Waals surface area (Å²) in [7, 11) is 0. The molecule has 0 aromatic rings. The van der Waals surface area contributed by atoms with Crippen LogP contribution in [0.15, 0.2) is 0 Å². The Morgan fingerprint density at radius 3 is 2.50 bits per heavy atom. The second-order valence-corrected chi connectivity index (χ2v) is 7.08. The maximum atomic E-state index is 5.65. The third-order valence-corrected chi connectivity index (χ3v) is 4.82. The van der Waals surface area contributed by atoms with Gasteiger partial charge in [0.15, 0.2) is 0 Å². The number of morpholine rings is 1. The maximum Gasteiger partial charge on any atom is 0.0645 e. The van der Waals surface area contributed by atoms with E-state index in [4.69, 9.17) is 9.47 Å². The van der Waals surface area contributed by atoms with Gasteiger partial charge in [-0.05, 0) is 45.1 Å². The Bertz CT molecular complexity index is 288. The molecule has 2 fully saturated rings. The van der Waals surface area contributed by atoms with Gasteiger partial charge in [-0.2, -0.15) is 0 Å². The Labute approximate surface area is 124 Å². The highest BCUT2D eigenvalue weighted by Gasteiger charge is 2.39. The fourth-order valence-electron chi connectivity index (χ4n) is 3.31. The first kappa shape index (κ1) is 16.2. The molecule has 0 bridgehead atoms. The van der Waals surface area contributed by atoms with Gasteiger partial charge in [-0.15, -0.1) is 0 Å². The van der Waals surface area contributed by atoms with Gasteiger partial charge in [-0.25, -0.2) is 0 Å². The van der Waals surface area contributed by atoms with Crippen LogP contribution in [-0.2, 0) is 9.47 Å². The number of rotatable bonds is 6. The minimum absolute atomic E-state index is 0.161. The molecule has 2 heterocycles. The quantitative estimate of drug-likeness (QED) is 0.755. The van der Waals surface area contributed by atoms with Crippen molar-refractivity contribution in [3.63, 3.8) is 0 Å². The van der Waals surface area contributed by atoms with Crippen molar-refractivity contribution in [3.8, 4) is 0 Å². The molecule has 1 N–H and O–H groups in total. The molecule has 118 valence electrons. The first-order chi connectivity index (χ1) is 9.58. The van der Waals surface area contributed by atoms with Crippen LogP contribution < -0.4 is 5.32 Å². The predicted octanol–water partition coefficient (Wildman–Crippen LogP) is 1.89. The van der Waals surface area contributed by atoms with E-state index in [0.29, 0.717) is 5.41 Å². The van der Waals surface area contributed by atoms with Gasteiger partial charge in [0.2, 0.25) is 0 Å². The van der Waals surface area contributed by atoms with Gasteiger partial charge in [-0.1, -0.05) is 6.92 Å². The number of hydrogen-bond donors (Lipinski definition) is 1. The summed E-state index contributed by atoms with van der Waals surface area (Å²) in [6, 6.07) is 0. The van der Waals surface area contributed by atoms with Crippen molar-refractivity contribution in [2.45, 2.75) is 45.6 Å². The zero-order valence-electron chi connectivity index (χ0n) is 13.5. The topological polar surface area (TPSA) is 33.7 Å². The van der Waals surface area contributed by atoms with Crippen LogP contribution in [-0.4, -0.2) is 63.0 Å². The third-order valence-electron chi connectivity index (χ3n) is 4.82. The molecule has 20 heavy (non-hydrogen) atoms. The Morgan fingerprint density at radius 2 is 1.85 bits per heavy atom. The van der Waals surface area contributed by atoms with Crippen molar-refractivity contribution in [1.82, 2.24) is 10.2 Å². The number of ether oxygens (including phenoxy) is 2. The number of nitrogens with zero attached hydrogens (tertiary/aromatic N) is 1. The van der Waals surface area contributed by atoms with Gasteiger partial charge in [0.1, 0.15) is 0 Å². The SMILES string of the molecule is CCCNCC1(CN2CCOCC2(C)C)CCOCC1. The molecular weight excluding hydrogens is 252 g/mol. The van der Waals surface area contributed by atoms with Gasteiger partial charge in [-0.3, -0.25) is 4.90 Å². The summed E-state index contributed by atoms with van der Waals surface area (Å²) in [5.74, 6) is 0. The zero-order chi connectivity index (χ0) is 14.5. The lowest BCUT2D eigenvalue weighted by Gasteiger charge is -2.48. The van der Waals surface area contributed by atoms with Crippen molar-refractivity contribution in [2.24, 2.45) is 5.41 Å². The Morgan fingerprint density at radius 1 is 1.10 bits per heavy atom. The average Bonchev–Trinajstić information content (AvgIpc) is 2.43. The van der Waals surface area contributed by atoms with E-state index < -0.39 is 0 Å². The van der Waals surface area contributed by atoms with E-state index >= 15 is 0 Å². The highest BCUT2D eigenvalue weighted by atomic mass is 16.5. The number of nitrogens with one attached hydrogen (secondary N) is 1. The molecule has 0 aliphatic carbocycles. The minimum atomic E-state index is 0.161. The predicted molar refractivity (Wildman–Crippen MR) is 82.1 cm³/mol.